The van der Waals surface area contributed by atoms with Crippen LogP contribution in [-0.4, -0.2) is 51.5 Å². The molecule has 6 rings (SSSR count). The maximum atomic E-state index is 12.0. The van der Waals surface area contributed by atoms with Crippen molar-refractivity contribution in [1.82, 2.24) is 20.0 Å². The number of hydrogen-bond acceptors (Lipinski definition) is 6. The first-order chi connectivity index (χ1) is 19.4. The second kappa shape index (κ2) is 10.9. The molecule has 2 fully saturated rings. The van der Waals surface area contributed by atoms with Crippen LogP contribution in [0.1, 0.15) is 53.1 Å². The van der Waals surface area contributed by atoms with E-state index < -0.39 is 5.91 Å². The van der Waals surface area contributed by atoms with Gasteiger partial charge in [-0.25, -0.2) is 4.68 Å². The summed E-state index contributed by atoms with van der Waals surface area (Å²) in [5.41, 5.74) is 10.9. The molecule has 40 heavy (non-hydrogen) atoms. The Kier molecular flexibility index (Phi) is 7.04. The van der Waals surface area contributed by atoms with Gasteiger partial charge in [0, 0.05) is 36.8 Å². The smallest absolute Gasteiger partial charge is 0.250 e. The van der Waals surface area contributed by atoms with E-state index in [1.165, 1.54) is 11.1 Å². The van der Waals surface area contributed by atoms with Crippen molar-refractivity contribution in [3.63, 3.8) is 0 Å². The van der Waals surface area contributed by atoms with Crippen molar-refractivity contribution in [3.05, 3.63) is 89.6 Å². The predicted octanol–water partition coefficient (Wildman–Crippen LogP) is 3.72. The number of piperidine rings is 2. The zero-order valence-corrected chi connectivity index (χ0v) is 22.2. The summed E-state index contributed by atoms with van der Waals surface area (Å²) in [5.74, 6) is -0.494. The van der Waals surface area contributed by atoms with Crippen LogP contribution in [0.15, 0.2) is 72.9 Å². The number of primary amides is 1. The number of anilines is 1. The maximum Gasteiger partial charge on any atom is 0.250 e. The average Bonchev–Trinajstić information content (AvgIpc) is 3.40. The molecule has 1 aromatic heterocycles. The van der Waals surface area contributed by atoms with Gasteiger partial charge in [-0.3, -0.25) is 24.6 Å². The monoisotopic (exact) mass is 536 g/mol. The topological polar surface area (TPSA) is 122 Å². The van der Waals surface area contributed by atoms with Crippen molar-refractivity contribution in [1.29, 1.82) is 0 Å². The van der Waals surface area contributed by atoms with Crippen molar-refractivity contribution in [2.75, 3.05) is 18.4 Å². The van der Waals surface area contributed by atoms with E-state index in [2.05, 4.69) is 57.0 Å². The van der Waals surface area contributed by atoms with Crippen molar-refractivity contribution in [2.24, 2.45) is 5.73 Å². The molecule has 2 saturated heterocycles. The Bertz CT molecular complexity index is 1560. The molecule has 3 amide bonds. The summed E-state index contributed by atoms with van der Waals surface area (Å²) in [6, 6.07) is 21.8. The number of nitrogens with one attached hydrogen (secondary N) is 2. The lowest BCUT2D eigenvalue weighted by molar-refractivity contribution is -0.133. The number of hydrogen-bond donors (Lipinski definition) is 3. The Morgan fingerprint density at radius 2 is 1.82 bits per heavy atom. The van der Waals surface area contributed by atoms with E-state index in [0.717, 1.165) is 49.2 Å². The summed E-state index contributed by atoms with van der Waals surface area (Å²) in [5, 5.41) is 11.1. The van der Waals surface area contributed by atoms with Crippen molar-refractivity contribution in [3.8, 4) is 5.69 Å². The van der Waals surface area contributed by atoms with Crippen LogP contribution in [-0.2, 0) is 16.1 Å². The van der Waals surface area contributed by atoms with E-state index in [4.69, 9.17) is 5.73 Å². The molecule has 9 heteroatoms. The first kappa shape index (κ1) is 25.8. The summed E-state index contributed by atoms with van der Waals surface area (Å²) < 4.78 is 1.80. The zero-order chi connectivity index (χ0) is 27.6. The van der Waals surface area contributed by atoms with Gasteiger partial charge in [0.15, 0.2) is 0 Å². The fourth-order valence-electron chi connectivity index (χ4n) is 5.74. The molecular formula is C31H32N6O3. The summed E-state index contributed by atoms with van der Waals surface area (Å²) in [6.07, 6.45) is 5.08. The molecule has 0 spiro atoms. The van der Waals surface area contributed by atoms with E-state index in [-0.39, 0.29) is 17.9 Å². The molecule has 0 bridgehead atoms. The van der Waals surface area contributed by atoms with Crippen molar-refractivity contribution in [2.45, 2.75) is 44.2 Å². The first-order valence-electron chi connectivity index (χ1n) is 13.7. The van der Waals surface area contributed by atoms with Gasteiger partial charge in [-0.15, -0.1) is 0 Å². The van der Waals surface area contributed by atoms with Gasteiger partial charge in [-0.2, -0.15) is 5.10 Å². The van der Waals surface area contributed by atoms with Gasteiger partial charge >= 0.3 is 0 Å². The molecule has 1 unspecified atom stereocenters. The normalized spacial score (nSPS) is 19.9. The second-order valence-corrected chi connectivity index (χ2v) is 10.7. The highest BCUT2D eigenvalue weighted by molar-refractivity contribution is 6.04. The number of imide groups is 1. The maximum absolute atomic E-state index is 12.0. The molecule has 4 aromatic rings. The molecule has 4 N–H and O–H groups in total. The lowest BCUT2D eigenvalue weighted by Crippen LogP contribution is -2.47. The number of fused-ring (bicyclic) bond motifs is 1. The van der Waals surface area contributed by atoms with Gasteiger partial charge in [0.1, 0.15) is 11.6 Å². The van der Waals surface area contributed by atoms with Crippen LogP contribution in [0.3, 0.4) is 0 Å². The van der Waals surface area contributed by atoms with Crippen LogP contribution in [0.25, 0.3) is 16.6 Å². The molecule has 2 aliphatic rings. The molecule has 3 heterocycles. The molecular weight excluding hydrogens is 504 g/mol. The standard InChI is InChI=1S/C31H32N6O3/c32-30(39)26-5-1-3-23-19-37(35-29(23)26)25-12-8-21(9-13-25)22-4-2-16-36(18-22)17-20-6-10-24(11-7-20)33-27-14-15-28(38)34-31(27)40/h1,3,5-13,19,22,27,33H,2,4,14-18H2,(H2,32,39)(H,34,38,40)/t22-,27?/m1/s1. The highest BCUT2D eigenvalue weighted by Crippen LogP contribution is 2.29. The van der Waals surface area contributed by atoms with Crippen LogP contribution in [0.2, 0.25) is 0 Å². The van der Waals surface area contributed by atoms with E-state index >= 15 is 0 Å². The van der Waals surface area contributed by atoms with E-state index in [9.17, 15) is 14.4 Å². The number of rotatable bonds is 7. The van der Waals surface area contributed by atoms with E-state index in [1.807, 2.05) is 30.5 Å². The Labute approximate surface area is 232 Å². The van der Waals surface area contributed by atoms with Crippen LogP contribution >= 0.6 is 0 Å². The minimum absolute atomic E-state index is 0.207. The quantitative estimate of drug-likeness (QED) is 0.310. The number of aromatic nitrogens is 2. The lowest BCUT2D eigenvalue weighted by Gasteiger charge is -2.33. The van der Waals surface area contributed by atoms with Gasteiger partial charge in [0.2, 0.25) is 11.8 Å². The van der Waals surface area contributed by atoms with Crippen molar-refractivity contribution < 1.29 is 14.4 Å². The number of likely N-dealkylation sites (tertiary alicyclic amines) is 1. The Hall–Kier alpha value is -4.50. The molecule has 9 nitrogen and oxygen atoms in total. The van der Waals surface area contributed by atoms with Crippen LogP contribution in [0, 0.1) is 0 Å². The predicted molar refractivity (Wildman–Crippen MR) is 153 cm³/mol. The number of carbonyl (C=O) groups is 3. The largest absolute Gasteiger partial charge is 0.374 e. The van der Waals surface area contributed by atoms with Gasteiger partial charge < -0.3 is 11.1 Å². The highest BCUT2D eigenvalue weighted by Gasteiger charge is 2.26. The fourth-order valence-corrected chi connectivity index (χ4v) is 5.74. The molecule has 0 saturated carbocycles. The second-order valence-electron chi connectivity index (χ2n) is 10.7. The molecule has 2 aliphatic heterocycles. The first-order valence-corrected chi connectivity index (χ1v) is 13.7. The third kappa shape index (κ3) is 5.46. The lowest BCUT2D eigenvalue weighted by atomic mass is 9.90. The number of nitrogens with two attached hydrogens (primary N) is 1. The van der Waals surface area contributed by atoms with Crippen LogP contribution in [0.5, 0.6) is 0 Å². The third-order valence-corrected chi connectivity index (χ3v) is 7.88. The van der Waals surface area contributed by atoms with E-state index in [1.54, 1.807) is 10.7 Å². The summed E-state index contributed by atoms with van der Waals surface area (Å²) >= 11 is 0. The minimum Gasteiger partial charge on any atom is -0.374 e. The summed E-state index contributed by atoms with van der Waals surface area (Å²) in [4.78, 5) is 37.7. The third-order valence-electron chi connectivity index (χ3n) is 7.88. The zero-order valence-electron chi connectivity index (χ0n) is 22.2. The van der Waals surface area contributed by atoms with Gasteiger partial charge in [0.05, 0.1) is 11.3 Å². The number of nitrogens with zero attached hydrogens (tertiary/aromatic N) is 3. The van der Waals surface area contributed by atoms with Crippen molar-refractivity contribution >= 4 is 34.3 Å². The van der Waals surface area contributed by atoms with Gasteiger partial charge in [-0.1, -0.05) is 36.4 Å². The minimum atomic E-state index is -0.479. The van der Waals surface area contributed by atoms with Crippen LogP contribution in [0.4, 0.5) is 5.69 Å². The molecule has 204 valence electrons. The molecule has 3 aromatic carbocycles. The Morgan fingerprint density at radius 3 is 2.58 bits per heavy atom. The highest BCUT2D eigenvalue weighted by atomic mass is 16.2. The fraction of sp³-hybridized carbons (Fsp3) is 0.290. The molecule has 0 radical (unpaired) electrons. The van der Waals surface area contributed by atoms with Gasteiger partial charge in [0.25, 0.3) is 5.91 Å². The van der Waals surface area contributed by atoms with E-state index in [0.29, 0.717) is 29.8 Å². The SMILES string of the molecule is NC(=O)c1cccc2cn(-c3ccc([C@@H]4CCCN(Cc5ccc(NC6CCC(=O)NC6=O)cc5)C4)cc3)nc12. The average molecular weight is 537 g/mol. The number of amides is 3. The Balaban J connectivity index is 1.08. The molecule has 0 aliphatic carbocycles. The summed E-state index contributed by atoms with van der Waals surface area (Å²) in [7, 11) is 0. The number of benzene rings is 3. The number of carbonyl (C=O) groups excluding carboxylic acids is 3. The van der Waals surface area contributed by atoms with Crippen LogP contribution < -0.4 is 16.4 Å². The summed E-state index contributed by atoms with van der Waals surface area (Å²) in [6.45, 7) is 2.92. The molecule has 2 atom stereocenters. The Morgan fingerprint density at radius 1 is 1.02 bits per heavy atom. The van der Waals surface area contributed by atoms with Gasteiger partial charge in [-0.05, 0) is 73.2 Å².